The SMILES string of the molecule is Cc1cccc(C(O)c2ccc(F)c(Cl)c2)c1C. The van der Waals surface area contributed by atoms with Gasteiger partial charge in [-0.1, -0.05) is 35.9 Å². The molecule has 0 aromatic heterocycles. The van der Waals surface area contributed by atoms with Crippen LogP contribution in [0.1, 0.15) is 28.4 Å². The van der Waals surface area contributed by atoms with Crippen molar-refractivity contribution in [2.24, 2.45) is 0 Å². The molecule has 94 valence electrons. The second-order valence-corrected chi connectivity index (χ2v) is 4.77. The van der Waals surface area contributed by atoms with Crippen LogP contribution in [0, 0.1) is 19.7 Å². The molecule has 0 bridgehead atoms. The zero-order valence-corrected chi connectivity index (χ0v) is 11.0. The number of hydrogen-bond donors (Lipinski definition) is 1. The van der Waals surface area contributed by atoms with E-state index in [1.807, 2.05) is 32.0 Å². The highest BCUT2D eigenvalue weighted by Gasteiger charge is 2.15. The monoisotopic (exact) mass is 264 g/mol. The van der Waals surface area contributed by atoms with Crippen molar-refractivity contribution in [3.63, 3.8) is 0 Å². The van der Waals surface area contributed by atoms with E-state index in [4.69, 9.17) is 11.6 Å². The number of hydrogen-bond acceptors (Lipinski definition) is 1. The Kier molecular flexibility index (Phi) is 3.69. The Morgan fingerprint density at radius 2 is 1.89 bits per heavy atom. The number of halogens is 2. The molecule has 0 aliphatic rings. The van der Waals surface area contributed by atoms with Crippen molar-refractivity contribution in [2.75, 3.05) is 0 Å². The summed E-state index contributed by atoms with van der Waals surface area (Å²) < 4.78 is 13.1. The minimum atomic E-state index is -0.789. The smallest absolute Gasteiger partial charge is 0.141 e. The van der Waals surface area contributed by atoms with Crippen LogP contribution in [0.3, 0.4) is 0 Å². The van der Waals surface area contributed by atoms with Crippen LogP contribution in [0.15, 0.2) is 36.4 Å². The van der Waals surface area contributed by atoms with Crippen LogP contribution in [0.25, 0.3) is 0 Å². The van der Waals surface area contributed by atoms with Crippen molar-refractivity contribution in [2.45, 2.75) is 20.0 Å². The maximum Gasteiger partial charge on any atom is 0.141 e. The van der Waals surface area contributed by atoms with Crippen molar-refractivity contribution in [1.82, 2.24) is 0 Å². The first kappa shape index (κ1) is 13.1. The summed E-state index contributed by atoms with van der Waals surface area (Å²) in [6.45, 7) is 3.95. The molecule has 0 saturated carbocycles. The normalized spacial score (nSPS) is 12.5. The van der Waals surface area contributed by atoms with Crippen molar-refractivity contribution in [1.29, 1.82) is 0 Å². The lowest BCUT2D eigenvalue weighted by molar-refractivity contribution is 0.219. The number of aliphatic hydroxyl groups is 1. The Balaban J connectivity index is 2.44. The maximum atomic E-state index is 13.1. The molecule has 18 heavy (non-hydrogen) atoms. The molecule has 0 fully saturated rings. The van der Waals surface area contributed by atoms with Gasteiger partial charge in [-0.2, -0.15) is 0 Å². The number of aliphatic hydroxyl groups excluding tert-OH is 1. The van der Waals surface area contributed by atoms with E-state index in [9.17, 15) is 9.50 Å². The van der Waals surface area contributed by atoms with Crippen LogP contribution in [-0.4, -0.2) is 5.11 Å². The van der Waals surface area contributed by atoms with Crippen molar-refractivity contribution < 1.29 is 9.50 Å². The molecule has 0 amide bonds. The number of benzene rings is 2. The van der Waals surface area contributed by atoms with Gasteiger partial charge >= 0.3 is 0 Å². The maximum absolute atomic E-state index is 13.1. The molecule has 1 nitrogen and oxygen atoms in total. The summed E-state index contributed by atoms with van der Waals surface area (Å²) in [5, 5.41) is 10.4. The van der Waals surface area contributed by atoms with Crippen LogP contribution >= 0.6 is 11.6 Å². The zero-order chi connectivity index (χ0) is 13.3. The minimum Gasteiger partial charge on any atom is -0.384 e. The van der Waals surface area contributed by atoms with Gasteiger partial charge in [0.05, 0.1) is 5.02 Å². The van der Waals surface area contributed by atoms with Gasteiger partial charge in [0.1, 0.15) is 11.9 Å². The van der Waals surface area contributed by atoms with E-state index in [-0.39, 0.29) is 5.02 Å². The summed E-state index contributed by atoms with van der Waals surface area (Å²) in [5.74, 6) is -0.478. The molecule has 1 N–H and O–H groups in total. The summed E-state index contributed by atoms with van der Waals surface area (Å²) in [6, 6.07) is 10.0. The Morgan fingerprint density at radius 3 is 2.56 bits per heavy atom. The van der Waals surface area contributed by atoms with E-state index in [0.29, 0.717) is 5.56 Å². The fraction of sp³-hybridized carbons (Fsp3) is 0.200. The first-order chi connectivity index (χ1) is 8.50. The first-order valence-corrected chi connectivity index (χ1v) is 6.07. The van der Waals surface area contributed by atoms with Crippen molar-refractivity contribution >= 4 is 11.6 Å². The Bertz CT molecular complexity index is 581. The first-order valence-electron chi connectivity index (χ1n) is 5.70. The molecule has 0 spiro atoms. The van der Waals surface area contributed by atoms with Gasteiger partial charge in [-0.3, -0.25) is 0 Å². The van der Waals surface area contributed by atoms with E-state index < -0.39 is 11.9 Å². The summed E-state index contributed by atoms with van der Waals surface area (Å²) in [5.41, 5.74) is 3.55. The molecule has 0 radical (unpaired) electrons. The van der Waals surface area contributed by atoms with Crippen LogP contribution in [0.2, 0.25) is 5.02 Å². The van der Waals surface area contributed by atoms with E-state index in [1.165, 1.54) is 12.1 Å². The molecule has 3 heteroatoms. The van der Waals surface area contributed by atoms with Crippen LogP contribution < -0.4 is 0 Å². The second kappa shape index (κ2) is 5.09. The average molecular weight is 265 g/mol. The predicted octanol–water partition coefficient (Wildman–Crippen LogP) is 4.18. The number of rotatable bonds is 2. The Morgan fingerprint density at radius 1 is 1.17 bits per heavy atom. The fourth-order valence-corrected chi connectivity index (χ4v) is 2.12. The quantitative estimate of drug-likeness (QED) is 0.863. The molecule has 0 saturated heterocycles. The molecule has 2 aromatic rings. The molecular formula is C15H14ClFO. The van der Waals surface area contributed by atoms with Gasteiger partial charge in [-0.05, 0) is 48.2 Å². The van der Waals surface area contributed by atoms with Gasteiger partial charge in [-0.25, -0.2) is 4.39 Å². The standard InChI is InChI=1S/C15H14ClFO/c1-9-4-3-5-12(10(9)2)15(18)11-6-7-14(17)13(16)8-11/h3-8,15,18H,1-2H3. The highest BCUT2D eigenvalue weighted by molar-refractivity contribution is 6.30. The minimum absolute atomic E-state index is 0.0249. The van der Waals surface area contributed by atoms with E-state index in [0.717, 1.165) is 16.7 Å². The predicted molar refractivity (Wildman–Crippen MR) is 71.4 cm³/mol. The van der Waals surface area contributed by atoms with Gasteiger partial charge in [0.2, 0.25) is 0 Å². The highest BCUT2D eigenvalue weighted by atomic mass is 35.5. The molecule has 0 aliphatic carbocycles. The third-order valence-corrected chi connectivity index (χ3v) is 3.49. The van der Waals surface area contributed by atoms with Gasteiger partial charge in [0, 0.05) is 0 Å². The lowest BCUT2D eigenvalue weighted by atomic mass is 9.95. The van der Waals surface area contributed by atoms with Crippen molar-refractivity contribution in [3.05, 3.63) is 69.5 Å². The summed E-state index contributed by atoms with van der Waals surface area (Å²) in [6.07, 6.45) is -0.789. The average Bonchev–Trinajstić information content (AvgIpc) is 2.35. The summed E-state index contributed by atoms with van der Waals surface area (Å²) in [4.78, 5) is 0. The molecule has 1 atom stereocenters. The Labute approximate surface area is 111 Å². The van der Waals surface area contributed by atoms with Crippen molar-refractivity contribution in [3.8, 4) is 0 Å². The summed E-state index contributed by atoms with van der Waals surface area (Å²) in [7, 11) is 0. The largest absolute Gasteiger partial charge is 0.384 e. The topological polar surface area (TPSA) is 20.2 Å². The second-order valence-electron chi connectivity index (χ2n) is 4.37. The fourth-order valence-electron chi connectivity index (χ4n) is 1.93. The molecule has 1 unspecified atom stereocenters. The third-order valence-electron chi connectivity index (χ3n) is 3.20. The van der Waals surface area contributed by atoms with Gasteiger partial charge in [0.25, 0.3) is 0 Å². The molecule has 0 aliphatic heterocycles. The third kappa shape index (κ3) is 2.40. The lowest BCUT2D eigenvalue weighted by Gasteiger charge is -2.16. The number of aryl methyl sites for hydroxylation is 1. The van der Waals surface area contributed by atoms with E-state index in [1.54, 1.807) is 6.07 Å². The highest BCUT2D eigenvalue weighted by Crippen LogP contribution is 2.28. The van der Waals surface area contributed by atoms with Crippen LogP contribution in [0.5, 0.6) is 0 Å². The molecular weight excluding hydrogens is 251 g/mol. The van der Waals surface area contributed by atoms with E-state index >= 15 is 0 Å². The molecule has 2 rings (SSSR count). The molecule has 0 heterocycles. The van der Waals surface area contributed by atoms with Gasteiger partial charge in [-0.15, -0.1) is 0 Å². The van der Waals surface area contributed by atoms with E-state index in [2.05, 4.69) is 0 Å². The van der Waals surface area contributed by atoms with Gasteiger partial charge in [0.15, 0.2) is 0 Å². The van der Waals surface area contributed by atoms with Gasteiger partial charge < -0.3 is 5.11 Å². The molecule has 2 aromatic carbocycles. The Hall–Kier alpha value is -1.38. The zero-order valence-electron chi connectivity index (χ0n) is 10.2. The van der Waals surface area contributed by atoms with Crippen LogP contribution in [-0.2, 0) is 0 Å². The summed E-state index contributed by atoms with van der Waals surface area (Å²) >= 11 is 5.73. The van der Waals surface area contributed by atoms with Crippen LogP contribution in [0.4, 0.5) is 4.39 Å². The lowest BCUT2D eigenvalue weighted by Crippen LogP contribution is -2.03.